The number of morpholine rings is 1. The summed E-state index contributed by atoms with van der Waals surface area (Å²) in [5.74, 6) is 0.714. The summed E-state index contributed by atoms with van der Waals surface area (Å²) in [5, 5.41) is 2.94. The van der Waals surface area contributed by atoms with Crippen LogP contribution >= 0.6 is 0 Å². The number of carbonyl (C=O) groups is 2. The topological polar surface area (TPSA) is 61.9 Å². The van der Waals surface area contributed by atoms with E-state index in [1.54, 1.807) is 0 Å². The van der Waals surface area contributed by atoms with Gasteiger partial charge in [0.05, 0.1) is 13.2 Å². The predicted molar refractivity (Wildman–Crippen MR) is 96.3 cm³/mol. The highest BCUT2D eigenvalue weighted by atomic mass is 16.5. The summed E-state index contributed by atoms with van der Waals surface area (Å²) < 4.78 is 5.34. The first-order valence-corrected chi connectivity index (χ1v) is 10.0. The van der Waals surface area contributed by atoms with Crippen LogP contribution < -0.4 is 5.32 Å². The van der Waals surface area contributed by atoms with Gasteiger partial charge in [-0.2, -0.15) is 0 Å². The molecule has 0 radical (unpaired) electrons. The van der Waals surface area contributed by atoms with Crippen LogP contribution in [0.5, 0.6) is 0 Å². The second kappa shape index (κ2) is 8.39. The second-order valence-electron chi connectivity index (χ2n) is 7.87. The number of hydrogen-bond acceptors (Lipinski definition) is 3. The SMILES string of the molecule is CCNC(=O)N1CC(CCC(=O)N2CCOCC2)C2(CCCCC2)C1. The van der Waals surface area contributed by atoms with Gasteiger partial charge in [-0.15, -0.1) is 0 Å². The average Bonchev–Trinajstić information content (AvgIpc) is 2.99. The number of carbonyl (C=O) groups excluding carboxylic acids is 2. The van der Waals surface area contributed by atoms with Crippen molar-refractivity contribution in [2.24, 2.45) is 11.3 Å². The summed E-state index contributed by atoms with van der Waals surface area (Å²) in [6.45, 7) is 7.07. The van der Waals surface area contributed by atoms with Crippen LogP contribution in [0, 0.1) is 11.3 Å². The highest BCUT2D eigenvalue weighted by molar-refractivity contribution is 5.76. The second-order valence-corrected chi connectivity index (χ2v) is 7.87. The van der Waals surface area contributed by atoms with Gasteiger partial charge in [-0.05, 0) is 37.5 Å². The largest absolute Gasteiger partial charge is 0.378 e. The molecule has 25 heavy (non-hydrogen) atoms. The third kappa shape index (κ3) is 4.27. The fraction of sp³-hybridized carbons (Fsp3) is 0.895. The highest BCUT2D eigenvalue weighted by Gasteiger charge is 2.47. The number of likely N-dealkylation sites (tertiary alicyclic amines) is 1. The van der Waals surface area contributed by atoms with Gasteiger partial charge in [0.2, 0.25) is 5.91 Å². The van der Waals surface area contributed by atoms with Crippen molar-refractivity contribution in [3.63, 3.8) is 0 Å². The van der Waals surface area contributed by atoms with Crippen molar-refractivity contribution in [1.29, 1.82) is 0 Å². The first-order chi connectivity index (χ1) is 12.1. The Kier molecular flexibility index (Phi) is 6.20. The van der Waals surface area contributed by atoms with Gasteiger partial charge in [0.15, 0.2) is 0 Å². The number of amides is 3. The van der Waals surface area contributed by atoms with E-state index < -0.39 is 0 Å². The van der Waals surface area contributed by atoms with Gasteiger partial charge >= 0.3 is 6.03 Å². The maximum absolute atomic E-state index is 12.5. The van der Waals surface area contributed by atoms with Crippen LogP contribution in [-0.4, -0.2) is 67.7 Å². The Bertz CT molecular complexity index is 471. The molecule has 1 N–H and O–H groups in total. The molecule has 0 bridgehead atoms. The van der Waals surface area contributed by atoms with Gasteiger partial charge in [0.1, 0.15) is 0 Å². The van der Waals surface area contributed by atoms with E-state index in [1.807, 2.05) is 16.7 Å². The zero-order chi connectivity index (χ0) is 17.7. The third-order valence-corrected chi connectivity index (χ3v) is 6.35. The Labute approximate surface area is 151 Å². The van der Waals surface area contributed by atoms with E-state index in [0.717, 1.165) is 32.6 Å². The number of urea groups is 1. The quantitative estimate of drug-likeness (QED) is 0.845. The summed E-state index contributed by atoms with van der Waals surface area (Å²) in [5.41, 5.74) is 0.245. The molecule has 3 fully saturated rings. The Morgan fingerprint density at radius 2 is 1.84 bits per heavy atom. The minimum absolute atomic E-state index is 0.0643. The van der Waals surface area contributed by atoms with Crippen LogP contribution in [0.2, 0.25) is 0 Å². The molecular weight excluding hydrogens is 318 g/mol. The van der Waals surface area contributed by atoms with Crippen molar-refractivity contribution in [2.45, 2.75) is 51.9 Å². The van der Waals surface area contributed by atoms with Crippen molar-refractivity contribution in [1.82, 2.24) is 15.1 Å². The Morgan fingerprint density at radius 1 is 1.12 bits per heavy atom. The molecule has 2 heterocycles. The molecule has 1 aliphatic carbocycles. The predicted octanol–water partition coefficient (Wildman–Crippen LogP) is 2.24. The summed E-state index contributed by atoms with van der Waals surface area (Å²) in [6.07, 6.45) is 7.76. The molecule has 2 aliphatic heterocycles. The minimum Gasteiger partial charge on any atom is -0.378 e. The van der Waals surface area contributed by atoms with E-state index in [4.69, 9.17) is 4.74 Å². The molecule has 1 atom stereocenters. The van der Waals surface area contributed by atoms with E-state index in [-0.39, 0.29) is 17.4 Å². The molecule has 3 aliphatic rings. The lowest BCUT2D eigenvalue weighted by Crippen LogP contribution is -2.41. The zero-order valence-electron chi connectivity index (χ0n) is 15.6. The summed E-state index contributed by atoms with van der Waals surface area (Å²) >= 11 is 0. The molecule has 1 unspecified atom stereocenters. The van der Waals surface area contributed by atoms with E-state index in [2.05, 4.69) is 5.32 Å². The number of nitrogens with one attached hydrogen (secondary N) is 1. The molecule has 6 nitrogen and oxygen atoms in total. The molecule has 6 heteroatoms. The molecule has 1 saturated carbocycles. The number of ether oxygens (including phenoxy) is 1. The van der Waals surface area contributed by atoms with Gasteiger partial charge in [0.25, 0.3) is 0 Å². The Hall–Kier alpha value is -1.30. The van der Waals surface area contributed by atoms with Crippen LogP contribution in [0.3, 0.4) is 0 Å². The van der Waals surface area contributed by atoms with Crippen molar-refractivity contribution >= 4 is 11.9 Å². The van der Waals surface area contributed by atoms with E-state index >= 15 is 0 Å². The molecule has 0 aromatic heterocycles. The molecule has 3 rings (SSSR count). The number of rotatable bonds is 4. The maximum atomic E-state index is 12.5. The van der Waals surface area contributed by atoms with Gasteiger partial charge in [0, 0.05) is 39.1 Å². The summed E-state index contributed by atoms with van der Waals surface area (Å²) in [4.78, 5) is 28.8. The van der Waals surface area contributed by atoms with E-state index in [1.165, 1.54) is 32.1 Å². The van der Waals surface area contributed by atoms with Crippen LogP contribution in [-0.2, 0) is 9.53 Å². The molecule has 2 saturated heterocycles. The third-order valence-electron chi connectivity index (χ3n) is 6.35. The molecular formula is C19H33N3O3. The Morgan fingerprint density at radius 3 is 2.52 bits per heavy atom. The number of nitrogens with zero attached hydrogens (tertiary/aromatic N) is 2. The standard InChI is InChI=1S/C19H33N3O3/c1-2-20-18(24)22-14-16(19(15-22)8-4-3-5-9-19)6-7-17(23)21-10-12-25-13-11-21/h16H,2-15H2,1H3,(H,20,24). The van der Waals surface area contributed by atoms with Crippen LogP contribution in [0.1, 0.15) is 51.9 Å². The smallest absolute Gasteiger partial charge is 0.317 e. The van der Waals surface area contributed by atoms with Gasteiger partial charge < -0.3 is 19.9 Å². The average molecular weight is 351 g/mol. The van der Waals surface area contributed by atoms with Crippen molar-refractivity contribution < 1.29 is 14.3 Å². The fourth-order valence-corrected chi connectivity index (χ4v) is 4.94. The molecule has 3 amide bonds. The first kappa shape index (κ1) is 18.5. The molecule has 0 aromatic rings. The fourth-order valence-electron chi connectivity index (χ4n) is 4.94. The Balaban J connectivity index is 1.60. The summed E-state index contributed by atoms with van der Waals surface area (Å²) in [6, 6.07) is 0.0643. The van der Waals surface area contributed by atoms with Gasteiger partial charge in [-0.25, -0.2) is 4.79 Å². The molecule has 142 valence electrons. The van der Waals surface area contributed by atoms with Crippen LogP contribution in [0.15, 0.2) is 0 Å². The normalized spacial score (nSPS) is 26.0. The van der Waals surface area contributed by atoms with E-state index in [0.29, 0.717) is 32.1 Å². The van der Waals surface area contributed by atoms with Crippen LogP contribution in [0.25, 0.3) is 0 Å². The lowest BCUT2D eigenvalue weighted by molar-refractivity contribution is -0.135. The molecule has 1 spiro atoms. The minimum atomic E-state index is 0.0643. The monoisotopic (exact) mass is 351 g/mol. The van der Waals surface area contributed by atoms with Gasteiger partial charge in [-0.1, -0.05) is 19.3 Å². The van der Waals surface area contributed by atoms with E-state index in [9.17, 15) is 9.59 Å². The summed E-state index contributed by atoms with van der Waals surface area (Å²) in [7, 11) is 0. The van der Waals surface area contributed by atoms with Crippen LogP contribution in [0.4, 0.5) is 4.79 Å². The first-order valence-electron chi connectivity index (χ1n) is 10.0. The number of hydrogen-bond donors (Lipinski definition) is 1. The lowest BCUT2D eigenvalue weighted by atomic mass is 9.66. The van der Waals surface area contributed by atoms with Crippen molar-refractivity contribution in [3.05, 3.63) is 0 Å². The lowest BCUT2D eigenvalue weighted by Gasteiger charge is -2.38. The maximum Gasteiger partial charge on any atom is 0.317 e. The molecule has 0 aromatic carbocycles. The van der Waals surface area contributed by atoms with Crippen molar-refractivity contribution in [3.8, 4) is 0 Å². The van der Waals surface area contributed by atoms with Crippen molar-refractivity contribution in [2.75, 3.05) is 45.9 Å². The zero-order valence-corrected chi connectivity index (χ0v) is 15.6. The van der Waals surface area contributed by atoms with Gasteiger partial charge in [-0.3, -0.25) is 4.79 Å². The highest BCUT2D eigenvalue weighted by Crippen LogP contribution is 2.49.